The molecule has 1 aliphatic carbocycles. The molecule has 104 valence electrons. The fraction of sp³-hybridized carbons (Fsp3) is 0.533. The summed E-state index contributed by atoms with van der Waals surface area (Å²) in [5.41, 5.74) is 1.42. The van der Waals surface area contributed by atoms with Crippen LogP contribution in [-0.4, -0.2) is 17.6 Å². The summed E-state index contributed by atoms with van der Waals surface area (Å²) in [5.74, 6) is -0.408. The lowest BCUT2D eigenvalue weighted by Gasteiger charge is -2.11. The van der Waals surface area contributed by atoms with E-state index in [0.29, 0.717) is 16.6 Å². The van der Waals surface area contributed by atoms with Gasteiger partial charge in [0.1, 0.15) is 0 Å². The Labute approximate surface area is 119 Å². The zero-order valence-electron chi connectivity index (χ0n) is 11.7. The highest BCUT2D eigenvalue weighted by atomic mass is 35.5. The van der Waals surface area contributed by atoms with Gasteiger partial charge in [-0.05, 0) is 34.9 Å². The average Bonchev–Trinajstić information content (AvgIpc) is 2.66. The van der Waals surface area contributed by atoms with Gasteiger partial charge in [0.2, 0.25) is 0 Å². The Bertz CT molecular complexity index is 509. The summed E-state index contributed by atoms with van der Waals surface area (Å²) in [6.45, 7) is 9.75. The van der Waals surface area contributed by atoms with E-state index in [-0.39, 0.29) is 16.4 Å². The highest BCUT2D eigenvalue weighted by molar-refractivity contribution is 6.31. The first-order chi connectivity index (χ1) is 8.68. The van der Waals surface area contributed by atoms with Crippen LogP contribution in [0.4, 0.5) is 5.69 Å². The van der Waals surface area contributed by atoms with Crippen molar-refractivity contribution in [2.24, 2.45) is 16.7 Å². The second-order valence-corrected chi connectivity index (χ2v) is 6.81. The Kier molecular flexibility index (Phi) is 3.29. The maximum Gasteiger partial charge on any atom is 0.337 e. The molecule has 0 unspecified atom stereocenters. The van der Waals surface area contributed by atoms with Crippen LogP contribution in [0.3, 0.4) is 0 Å². The maximum absolute atomic E-state index is 11.2. The normalized spacial score (nSPS) is 20.1. The van der Waals surface area contributed by atoms with Crippen molar-refractivity contribution in [3.63, 3.8) is 0 Å². The number of rotatable bonds is 4. The van der Waals surface area contributed by atoms with Crippen LogP contribution < -0.4 is 5.32 Å². The van der Waals surface area contributed by atoms with Crippen LogP contribution >= 0.6 is 11.6 Å². The predicted octanol–water partition coefficient (Wildman–Crippen LogP) is 4.13. The van der Waals surface area contributed by atoms with Crippen molar-refractivity contribution in [2.45, 2.75) is 27.7 Å². The second kappa shape index (κ2) is 4.41. The topological polar surface area (TPSA) is 49.3 Å². The molecule has 2 N–H and O–H groups in total. The minimum atomic E-state index is -0.937. The van der Waals surface area contributed by atoms with Crippen LogP contribution in [0.25, 0.3) is 0 Å². The summed E-state index contributed by atoms with van der Waals surface area (Å²) < 4.78 is 0. The van der Waals surface area contributed by atoms with Gasteiger partial charge in [-0.1, -0.05) is 39.3 Å². The number of carboxylic acid groups (broad SMARTS) is 1. The zero-order valence-corrected chi connectivity index (χ0v) is 12.5. The summed E-state index contributed by atoms with van der Waals surface area (Å²) in [7, 11) is 0. The van der Waals surface area contributed by atoms with Gasteiger partial charge in [0, 0.05) is 11.6 Å². The molecule has 0 aliphatic heterocycles. The lowest BCUT2D eigenvalue weighted by molar-refractivity contribution is 0.0698. The van der Waals surface area contributed by atoms with E-state index in [1.54, 1.807) is 12.1 Å². The summed E-state index contributed by atoms with van der Waals surface area (Å²) >= 11 is 5.93. The summed E-state index contributed by atoms with van der Waals surface area (Å²) in [5, 5.41) is 12.9. The van der Waals surface area contributed by atoms with Gasteiger partial charge in [-0.25, -0.2) is 4.79 Å². The molecular formula is C15H20ClNO2. The number of anilines is 1. The van der Waals surface area contributed by atoms with Crippen LogP contribution in [0.15, 0.2) is 18.2 Å². The van der Waals surface area contributed by atoms with Crippen LogP contribution in [0.5, 0.6) is 0 Å². The third kappa shape index (κ3) is 2.32. The first kappa shape index (κ1) is 14.2. The van der Waals surface area contributed by atoms with E-state index in [1.165, 1.54) is 6.07 Å². The molecule has 0 bridgehead atoms. The Balaban J connectivity index is 2.13. The molecule has 1 aromatic carbocycles. The number of hydrogen-bond acceptors (Lipinski definition) is 2. The molecule has 19 heavy (non-hydrogen) atoms. The van der Waals surface area contributed by atoms with Gasteiger partial charge in [-0.15, -0.1) is 0 Å². The predicted molar refractivity (Wildman–Crippen MR) is 78.0 cm³/mol. The van der Waals surface area contributed by atoms with E-state index >= 15 is 0 Å². The first-order valence-electron chi connectivity index (χ1n) is 6.44. The highest BCUT2D eigenvalue weighted by Crippen LogP contribution is 2.68. The van der Waals surface area contributed by atoms with Crippen molar-refractivity contribution in [1.82, 2.24) is 0 Å². The summed E-state index contributed by atoms with van der Waals surface area (Å²) in [6.07, 6.45) is 0. The fourth-order valence-corrected chi connectivity index (χ4v) is 3.08. The summed E-state index contributed by atoms with van der Waals surface area (Å²) in [6, 6.07) is 4.81. The number of carbonyl (C=O) groups is 1. The Morgan fingerprint density at radius 2 is 1.89 bits per heavy atom. The molecule has 0 saturated heterocycles. The first-order valence-corrected chi connectivity index (χ1v) is 6.82. The third-order valence-corrected chi connectivity index (χ3v) is 5.26. The van der Waals surface area contributed by atoms with Crippen molar-refractivity contribution in [1.29, 1.82) is 0 Å². The number of carboxylic acids is 1. The van der Waals surface area contributed by atoms with Crippen molar-refractivity contribution in [2.75, 3.05) is 11.9 Å². The van der Waals surface area contributed by atoms with Crippen LogP contribution in [0, 0.1) is 16.7 Å². The number of aromatic carboxylic acids is 1. The standard InChI is InChI=1S/C15H20ClNO2/c1-14(2)12(15(14,3)4)8-17-11-7-9(16)5-6-10(11)13(18)19/h5-7,12,17H,8H2,1-4H3,(H,18,19). The molecule has 3 nitrogen and oxygen atoms in total. The molecule has 0 aromatic heterocycles. The van der Waals surface area contributed by atoms with Crippen molar-refractivity contribution in [3.05, 3.63) is 28.8 Å². The molecule has 0 heterocycles. The van der Waals surface area contributed by atoms with Gasteiger partial charge in [-0.3, -0.25) is 0 Å². The lowest BCUT2D eigenvalue weighted by atomic mass is 10.0. The van der Waals surface area contributed by atoms with Gasteiger partial charge in [0.25, 0.3) is 0 Å². The molecule has 1 aromatic rings. The van der Waals surface area contributed by atoms with Crippen molar-refractivity contribution in [3.8, 4) is 0 Å². The zero-order chi connectivity index (χ0) is 14.4. The number of nitrogens with one attached hydrogen (secondary N) is 1. The lowest BCUT2D eigenvalue weighted by Crippen LogP contribution is -2.11. The van der Waals surface area contributed by atoms with Crippen LogP contribution in [0.1, 0.15) is 38.1 Å². The van der Waals surface area contributed by atoms with Gasteiger partial charge in [-0.2, -0.15) is 0 Å². The third-order valence-electron chi connectivity index (χ3n) is 5.03. The molecular weight excluding hydrogens is 262 g/mol. The van der Waals surface area contributed by atoms with E-state index in [0.717, 1.165) is 6.54 Å². The van der Waals surface area contributed by atoms with Crippen LogP contribution in [-0.2, 0) is 0 Å². The molecule has 1 saturated carbocycles. The van der Waals surface area contributed by atoms with E-state index in [9.17, 15) is 4.79 Å². The van der Waals surface area contributed by atoms with Gasteiger partial charge >= 0.3 is 5.97 Å². The van der Waals surface area contributed by atoms with Gasteiger partial charge in [0.05, 0.1) is 11.3 Å². The highest BCUT2D eigenvalue weighted by Gasteiger charge is 2.64. The van der Waals surface area contributed by atoms with E-state index in [4.69, 9.17) is 16.7 Å². The molecule has 0 spiro atoms. The number of hydrogen-bond donors (Lipinski definition) is 2. The van der Waals surface area contributed by atoms with Crippen LogP contribution in [0.2, 0.25) is 5.02 Å². The SMILES string of the molecule is CC1(C)C(CNc2cc(Cl)ccc2C(=O)O)C1(C)C. The number of halogens is 1. The fourth-order valence-electron chi connectivity index (χ4n) is 2.90. The minimum Gasteiger partial charge on any atom is -0.478 e. The molecule has 0 amide bonds. The van der Waals surface area contributed by atoms with E-state index < -0.39 is 5.97 Å². The molecule has 2 rings (SSSR count). The molecule has 0 radical (unpaired) electrons. The molecule has 4 heteroatoms. The maximum atomic E-state index is 11.2. The largest absolute Gasteiger partial charge is 0.478 e. The average molecular weight is 282 g/mol. The molecule has 1 aliphatic rings. The Morgan fingerprint density at radius 3 is 2.37 bits per heavy atom. The quantitative estimate of drug-likeness (QED) is 0.872. The van der Waals surface area contributed by atoms with Gasteiger partial charge < -0.3 is 10.4 Å². The van der Waals surface area contributed by atoms with E-state index in [2.05, 4.69) is 33.0 Å². The minimum absolute atomic E-state index is 0.265. The van der Waals surface area contributed by atoms with E-state index in [1.807, 2.05) is 0 Å². The Morgan fingerprint density at radius 1 is 1.32 bits per heavy atom. The summed E-state index contributed by atoms with van der Waals surface area (Å²) in [4.78, 5) is 11.2. The Hall–Kier alpha value is -1.22. The monoisotopic (exact) mass is 281 g/mol. The van der Waals surface area contributed by atoms with Crippen molar-refractivity contribution >= 4 is 23.3 Å². The molecule has 1 fully saturated rings. The molecule has 0 atom stereocenters. The second-order valence-electron chi connectivity index (χ2n) is 6.37. The van der Waals surface area contributed by atoms with Gasteiger partial charge in [0.15, 0.2) is 0 Å². The van der Waals surface area contributed by atoms with Crippen molar-refractivity contribution < 1.29 is 9.90 Å². The smallest absolute Gasteiger partial charge is 0.337 e. The number of benzene rings is 1.